The Labute approximate surface area is 162 Å². The quantitative estimate of drug-likeness (QED) is 0.686. The van der Waals surface area contributed by atoms with Gasteiger partial charge in [0.1, 0.15) is 11.9 Å². The first-order chi connectivity index (χ1) is 13.6. The van der Waals surface area contributed by atoms with Gasteiger partial charge in [-0.25, -0.2) is 4.39 Å². The van der Waals surface area contributed by atoms with Gasteiger partial charge in [0.05, 0.1) is 0 Å². The van der Waals surface area contributed by atoms with Crippen LogP contribution in [-0.4, -0.2) is 63.6 Å². The van der Waals surface area contributed by atoms with Crippen molar-refractivity contribution in [3.05, 3.63) is 65.9 Å². The molecule has 0 bridgehead atoms. The van der Waals surface area contributed by atoms with E-state index in [2.05, 4.69) is 14.9 Å². The SMILES string of the molecule is O=C(O)[C@H](c1c[nH]c2cc(F)ccc12)N1CCN(CCc2ccccn2)CC1. The first kappa shape index (κ1) is 18.6. The molecule has 0 aliphatic carbocycles. The number of hydrogen-bond donors (Lipinski definition) is 2. The van der Waals surface area contributed by atoms with Crippen LogP contribution in [0.2, 0.25) is 0 Å². The Hall–Kier alpha value is -2.77. The van der Waals surface area contributed by atoms with Gasteiger partial charge in [-0.1, -0.05) is 6.07 Å². The molecule has 0 spiro atoms. The summed E-state index contributed by atoms with van der Waals surface area (Å²) in [6, 6.07) is 9.60. The highest BCUT2D eigenvalue weighted by atomic mass is 19.1. The van der Waals surface area contributed by atoms with Crippen LogP contribution in [0, 0.1) is 5.82 Å². The highest BCUT2D eigenvalue weighted by Crippen LogP contribution is 2.30. The molecule has 1 saturated heterocycles. The molecular weight excluding hydrogens is 359 g/mol. The number of aromatic nitrogens is 2. The number of H-pyrrole nitrogens is 1. The van der Waals surface area contributed by atoms with Crippen LogP contribution in [0.4, 0.5) is 4.39 Å². The van der Waals surface area contributed by atoms with E-state index in [0.717, 1.165) is 37.1 Å². The molecule has 146 valence electrons. The number of nitrogens with one attached hydrogen (secondary N) is 1. The van der Waals surface area contributed by atoms with Crippen molar-refractivity contribution in [2.75, 3.05) is 32.7 Å². The first-order valence-electron chi connectivity index (χ1n) is 9.47. The van der Waals surface area contributed by atoms with Crippen LogP contribution in [-0.2, 0) is 11.2 Å². The monoisotopic (exact) mass is 382 g/mol. The summed E-state index contributed by atoms with van der Waals surface area (Å²) in [5.41, 5.74) is 2.37. The molecular formula is C21H23FN4O2. The average Bonchev–Trinajstić information content (AvgIpc) is 3.10. The maximum atomic E-state index is 13.4. The van der Waals surface area contributed by atoms with E-state index in [9.17, 15) is 14.3 Å². The lowest BCUT2D eigenvalue weighted by Crippen LogP contribution is -2.49. The fourth-order valence-electron chi connectivity index (χ4n) is 3.90. The van der Waals surface area contributed by atoms with Crippen LogP contribution < -0.4 is 0 Å². The third-order valence-corrected chi connectivity index (χ3v) is 5.39. The minimum Gasteiger partial charge on any atom is -0.480 e. The van der Waals surface area contributed by atoms with Crippen molar-refractivity contribution < 1.29 is 14.3 Å². The maximum absolute atomic E-state index is 13.4. The summed E-state index contributed by atoms with van der Waals surface area (Å²) < 4.78 is 13.4. The molecule has 2 aromatic heterocycles. The molecule has 4 rings (SSSR count). The molecule has 0 amide bonds. The number of benzene rings is 1. The number of fused-ring (bicyclic) bond motifs is 1. The summed E-state index contributed by atoms with van der Waals surface area (Å²) in [5, 5.41) is 10.6. The van der Waals surface area contributed by atoms with E-state index in [4.69, 9.17) is 0 Å². The number of piperazine rings is 1. The predicted octanol–water partition coefficient (Wildman–Crippen LogP) is 2.69. The molecule has 3 heterocycles. The number of rotatable bonds is 6. The van der Waals surface area contributed by atoms with Crippen molar-refractivity contribution in [1.82, 2.24) is 19.8 Å². The van der Waals surface area contributed by atoms with Crippen molar-refractivity contribution in [3.63, 3.8) is 0 Å². The molecule has 3 aromatic rings. The summed E-state index contributed by atoms with van der Waals surface area (Å²) in [5.74, 6) is -1.22. The molecule has 0 unspecified atom stereocenters. The zero-order valence-electron chi connectivity index (χ0n) is 15.5. The molecule has 7 heteroatoms. The highest BCUT2D eigenvalue weighted by Gasteiger charge is 2.32. The number of hydrogen-bond acceptors (Lipinski definition) is 4. The van der Waals surface area contributed by atoms with Crippen molar-refractivity contribution in [2.24, 2.45) is 0 Å². The zero-order chi connectivity index (χ0) is 19.5. The van der Waals surface area contributed by atoms with Crippen molar-refractivity contribution in [2.45, 2.75) is 12.5 Å². The Morgan fingerprint density at radius 1 is 1.21 bits per heavy atom. The minimum absolute atomic E-state index is 0.339. The number of carbonyl (C=O) groups is 1. The number of halogens is 1. The molecule has 0 radical (unpaired) electrons. The van der Waals surface area contributed by atoms with Crippen molar-refractivity contribution in [1.29, 1.82) is 0 Å². The standard InChI is InChI=1S/C21H23FN4O2/c22-15-4-5-17-18(14-24-19(17)13-15)20(21(27)28)26-11-9-25(10-12-26)8-6-16-3-1-2-7-23-16/h1-5,7,13-14,20,24H,6,8-12H2,(H,27,28)/t20-/m0/s1. The van der Waals surface area contributed by atoms with Gasteiger partial charge in [0, 0.05) is 73.7 Å². The van der Waals surface area contributed by atoms with Crippen LogP contribution in [0.1, 0.15) is 17.3 Å². The van der Waals surface area contributed by atoms with Crippen molar-refractivity contribution in [3.8, 4) is 0 Å². The average molecular weight is 382 g/mol. The molecule has 6 nitrogen and oxygen atoms in total. The van der Waals surface area contributed by atoms with Gasteiger partial charge in [-0.3, -0.25) is 14.7 Å². The van der Waals surface area contributed by atoms with E-state index in [-0.39, 0.29) is 5.82 Å². The Morgan fingerprint density at radius 3 is 2.75 bits per heavy atom. The summed E-state index contributed by atoms with van der Waals surface area (Å²) in [4.78, 5) is 23.7. The van der Waals surface area contributed by atoms with Gasteiger partial charge in [-0.05, 0) is 30.3 Å². The van der Waals surface area contributed by atoms with E-state index in [1.165, 1.54) is 12.1 Å². The third kappa shape index (κ3) is 3.90. The van der Waals surface area contributed by atoms with E-state index in [0.29, 0.717) is 24.2 Å². The molecule has 1 aromatic carbocycles. The fraction of sp³-hybridized carbons (Fsp3) is 0.333. The van der Waals surface area contributed by atoms with Gasteiger partial charge >= 0.3 is 5.97 Å². The predicted molar refractivity (Wildman–Crippen MR) is 105 cm³/mol. The second-order valence-electron chi connectivity index (χ2n) is 7.12. The van der Waals surface area contributed by atoms with Gasteiger partial charge in [0.25, 0.3) is 0 Å². The Bertz CT molecular complexity index is 951. The number of pyridine rings is 1. The Kier molecular flexibility index (Phi) is 5.36. The van der Waals surface area contributed by atoms with Gasteiger partial charge in [0.2, 0.25) is 0 Å². The summed E-state index contributed by atoms with van der Waals surface area (Å²) in [6.07, 6.45) is 4.38. The number of carboxylic acids is 1. The Morgan fingerprint density at radius 2 is 2.04 bits per heavy atom. The lowest BCUT2D eigenvalue weighted by molar-refractivity contribution is -0.144. The largest absolute Gasteiger partial charge is 0.480 e. The molecule has 1 atom stereocenters. The van der Waals surface area contributed by atoms with Gasteiger partial charge in [0.15, 0.2) is 0 Å². The number of carboxylic acid groups (broad SMARTS) is 1. The summed E-state index contributed by atoms with van der Waals surface area (Å²) >= 11 is 0. The van der Waals surface area contributed by atoms with E-state index < -0.39 is 12.0 Å². The van der Waals surface area contributed by atoms with Gasteiger partial charge in [-0.2, -0.15) is 0 Å². The minimum atomic E-state index is -0.882. The lowest BCUT2D eigenvalue weighted by Gasteiger charge is -2.37. The van der Waals surface area contributed by atoms with Crippen LogP contribution in [0.25, 0.3) is 10.9 Å². The Balaban J connectivity index is 1.43. The van der Waals surface area contributed by atoms with Gasteiger partial charge < -0.3 is 15.0 Å². The van der Waals surface area contributed by atoms with Crippen LogP contribution in [0.3, 0.4) is 0 Å². The van der Waals surface area contributed by atoms with E-state index in [1.807, 2.05) is 23.1 Å². The summed E-state index contributed by atoms with van der Waals surface area (Å²) in [6.45, 7) is 3.89. The van der Waals surface area contributed by atoms with Crippen LogP contribution >= 0.6 is 0 Å². The van der Waals surface area contributed by atoms with Gasteiger partial charge in [-0.15, -0.1) is 0 Å². The second-order valence-corrected chi connectivity index (χ2v) is 7.12. The topological polar surface area (TPSA) is 72.5 Å². The molecule has 2 N–H and O–H groups in total. The summed E-state index contributed by atoms with van der Waals surface area (Å²) in [7, 11) is 0. The number of aliphatic carboxylic acids is 1. The lowest BCUT2D eigenvalue weighted by atomic mass is 10.0. The van der Waals surface area contributed by atoms with E-state index in [1.54, 1.807) is 18.5 Å². The first-order valence-corrected chi connectivity index (χ1v) is 9.47. The number of aromatic amines is 1. The third-order valence-electron chi connectivity index (χ3n) is 5.39. The molecule has 1 aliphatic heterocycles. The zero-order valence-corrected chi connectivity index (χ0v) is 15.5. The fourth-order valence-corrected chi connectivity index (χ4v) is 3.90. The normalized spacial score (nSPS) is 17.0. The second kappa shape index (κ2) is 8.08. The molecule has 1 aliphatic rings. The molecule has 28 heavy (non-hydrogen) atoms. The van der Waals surface area contributed by atoms with Crippen LogP contribution in [0.15, 0.2) is 48.8 Å². The molecule has 0 saturated carbocycles. The number of nitrogens with zero attached hydrogens (tertiary/aromatic N) is 3. The molecule has 1 fully saturated rings. The highest BCUT2D eigenvalue weighted by molar-refractivity contribution is 5.89. The van der Waals surface area contributed by atoms with Crippen molar-refractivity contribution >= 4 is 16.9 Å². The maximum Gasteiger partial charge on any atom is 0.325 e. The van der Waals surface area contributed by atoms with E-state index >= 15 is 0 Å². The smallest absolute Gasteiger partial charge is 0.325 e. The van der Waals surface area contributed by atoms with Crippen LogP contribution in [0.5, 0.6) is 0 Å².